The maximum Gasteiger partial charge on any atom is 0.471 e. The molecule has 0 atom stereocenters. The Kier molecular flexibility index (Phi) is 7.66. The molecule has 102 valence electrons. The van der Waals surface area contributed by atoms with Crippen LogP contribution in [0.5, 0.6) is 0 Å². The first-order valence-electron chi connectivity index (χ1n) is 5.49. The summed E-state index contributed by atoms with van der Waals surface area (Å²) in [6, 6.07) is 7.15. The summed E-state index contributed by atoms with van der Waals surface area (Å²) in [4.78, 5) is 10.5. The Morgan fingerprint density at radius 3 is 2.17 bits per heavy atom. The Hall–Kier alpha value is -1.04. The van der Waals surface area contributed by atoms with E-state index in [4.69, 9.17) is 0 Å². The molecule has 1 aromatic rings. The molecule has 0 aromatic heterocycles. The van der Waals surface area contributed by atoms with Gasteiger partial charge in [0.05, 0.1) is 0 Å². The lowest BCUT2D eigenvalue weighted by Gasteiger charge is -2.07. The molecule has 1 amide bonds. The van der Waals surface area contributed by atoms with Crippen molar-refractivity contribution < 1.29 is 18.0 Å². The summed E-state index contributed by atoms with van der Waals surface area (Å²) >= 11 is 3.24. The molecule has 0 aliphatic heterocycles. The van der Waals surface area contributed by atoms with Gasteiger partial charge in [-0.05, 0) is 24.1 Å². The van der Waals surface area contributed by atoms with Crippen LogP contribution in [-0.4, -0.2) is 18.6 Å². The Bertz CT molecular complexity index is 363. The van der Waals surface area contributed by atoms with E-state index in [1.165, 1.54) is 0 Å². The molecular weight excluding hydrogens is 311 g/mol. The third kappa shape index (κ3) is 6.64. The molecular formula is C12H15BrF3NO. The predicted molar refractivity (Wildman–Crippen MR) is 68.3 cm³/mol. The van der Waals surface area contributed by atoms with Crippen LogP contribution in [0.4, 0.5) is 13.2 Å². The fourth-order valence-electron chi connectivity index (χ4n) is 1.07. The number of benzene rings is 1. The van der Waals surface area contributed by atoms with E-state index in [9.17, 15) is 18.0 Å². The molecule has 18 heavy (non-hydrogen) atoms. The second-order valence-electron chi connectivity index (χ2n) is 3.13. The molecule has 1 N–H and O–H groups in total. The minimum absolute atomic E-state index is 0.0278. The largest absolute Gasteiger partial charge is 0.471 e. The molecule has 0 heterocycles. The van der Waals surface area contributed by atoms with Gasteiger partial charge in [-0.2, -0.15) is 13.2 Å². The van der Waals surface area contributed by atoms with E-state index in [1.54, 1.807) is 24.3 Å². The van der Waals surface area contributed by atoms with Crippen LogP contribution in [0.1, 0.15) is 19.4 Å². The maximum atomic E-state index is 11.8. The molecule has 0 bridgehead atoms. The quantitative estimate of drug-likeness (QED) is 0.902. The molecule has 0 spiro atoms. The van der Waals surface area contributed by atoms with Gasteiger partial charge in [0, 0.05) is 11.0 Å². The summed E-state index contributed by atoms with van der Waals surface area (Å²) in [5, 5.41) is 1.81. The lowest BCUT2D eigenvalue weighted by Crippen LogP contribution is -2.37. The fourth-order valence-corrected chi connectivity index (χ4v) is 1.34. The van der Waals surface area contributed by atoms with Crippen LogP contribution in [-0.2, 0) is 11.2 Å². The lowest BCUT2D eigenvalue weighted by molar-refractivity contribution is -0.173. The van der Waals surface area contributed by atoms with Gasteiger partial charge in [0.2, 0.25) is 0 Å². The SMILES string of the molecule is CC.O=C(NCCc1ccc(Br)cc1)C(F)(F)F. The van der Waals surface area contributed by atoms with Gasteiger partial charge in [0.25, 0.3) is 0 Å². The van der Waals surface area contributed by atoms with E-state index >= 15 is 0 Å². The number of alkyl halides is 3. The van der Waals surface area contributed by atoms with Gasteiger partial charge < -0.3 is 5.32 Å². The zero-order chi connectivity index (χ0) is 14.2. The van der Waals surface area contributed by atoms with Gasteiger partial charge in [-0.3, -0.25) is 4.79 Å². The number of hydrogen-bond acceptors (Lipinski definition) is 1. The smallest absolute Gasteiger partial charge is 0.348 e. The summed E-state index contributed by atoms with van der Waals surface area (Å²) in [6.45, 7) is 3.97. The van der Waals surface area contributed by atoms with Gasteiger partial charge in [0.1, 0.15) is 0 Å². The van der Waals surface area contributed by atoms with Crippen LogP contribution < -0.4 is 5.32 Å². The number of rotatable bonds is 3. The highest BCUT2D eigenvalue weighted by Gasteiger charge is 2.38. The maximum absolute atomic E-state index is 11.8. The molecule has 1 aromatic carbocycles. The first-order chi connectivity index (χ1) is 8.39. The van der Waals surface area contributed by atoms with Crippen molar-refractivity contribution in [1.29, 1.82) is 0 Å². The van der Waals surface area contributed by atoms with E-state index in [0.717, 1.165) is 10.0 Å². The molecule has 0 fully saturated rings. The van der Waals surface area contributed by atoms with Crippen LogP contribution in [0.3, 0.4) is 0 Å². The van der Waals surface area contributed by atoms with Crippen molar-refractivity contribution >= 4 is 21.8 Å². The lowest BCUT2D eigenvalue weighted by atomic mass is 10.1. The van der Waals surface area contributed by atoms with Gasteiger partial charge in [-0.1, -0.05) is 41.9 Å². The van der Waals surface area contributed by atoms with Crippen molar-refractivity contribution in [3.8, 4) is 0 Å². The Labute approximate surface area is 113 Å². The standard InChI is InChI=1S/C10H9BrF3NO.C2H6/c11-8-3-1-7(2-4-8)5-6-15-9(16)10(12,13)14;1-2/h1-4H,5-6H2,(H,15,16);1-2H3. The molecule has 0 unspecified atom stereocenters. The van der Waals surface area contributed by atoms with Crippen molar-refractivity contribution in [1.82, 2.24) is 5.32 Å². The molecule has 1 rings (SSSR count). The average Bonchev–Trinajstić information content (AvgIpc) is 2.33. The van der Waals surface area contributed by atoms with Crippen molar-refractivity contribution in [2.24, 2.45) is 0 Å². The van der Waals surface area contributed by atoms with Crippen LogP contribution in [0, 0.1) is 0 Å². The zero-order valence-electron chi connectivity index (χ0n) is 10.1. The molecule has 0 aliphatic rings. The first-order valence-corrected chi connectivity index (χ1v) is 6.28. The van der Waals surface area contributed by atoms with Crippen LogP contribution in [0.2, 0.25) is 0 Å². The number of nitrogens with one attached hydrogen (secondary N) is 1. The summed E-state index contributed by atoms with van der Waals surface area (Å²) in [6.07, 6.45) is -4.44. The fraction of sp³-hybridized carbons (Fsp3) is 0.417. The Morgan fingerprint density at radius 1 is 1.22 bits per heavy atom. The number of halogens is 4. The van der Waals surface area contributed by atoms with E-state index in [-0.39, 0.29) is 6.54 Å². The second kappa shape index (κ2) is 8.13. The van der Waals surface area contributed by atoms with Gasteiger partial charge >= 0.3 is 12.1 Å². The van der Waals surface area contributed by atoms with Crippen molar-refractivity contribution in [3.05, 3.63) is 34.3 Å². The minimum atomic E-state index is -4.81. The Balaban J connectivity index is 0.00000137. The molecule has 0 saturated carbocycles. The number of carbonyl (C=O) groups is 1. The number of hydrogen-bond donors (Lipinski definition) is 1. The average molecular weight is 326 g/mol. The topological polar surface area (TPSA) is 29.1 Å². The van der Waals surface area contributed by atoms with Crippen LogP contribution in [0.15, 0.2) is 28.7 Å². The third-order valence-electron chi connectivity index (χ3n) is 1.87. The van der Waals surface area contributed by atoms with Gasteiger partial charge in [-0.15, -0.1) is 0 Å². The summed E-state index contributed by atoms with van der Waals surface area (Å²) in [5.74, 6) is -1.90. The summed E-state index contributed by atoms with van der Waals surface area (Å²) < 4.78 is 36.3. The zero-order valence-corrected chi connectivity index (χ0v) is 11.7. The van der Waals surface area contributed by atoms with Crippen LogP contribution >= 0.6 is 15.9 Å². The predicted octanol–water partition coefficient (Wildman–Crippen LogP) is 3.70. The number of amides is 1. The highest BCUT2D eigenvalue weighted by Crippen LogP contribution is 2.14. The number of carbonyl (C=O) groups excluding carboxylic acids is 1. The highest BCUT2D eigenvalue weighted by atomic mass is 79.9. The van der Waals surface area contributed by atoms with E-state index < -0.39 is 12.1 Å². The van der Waals surface area contributed by atoms with Crippen molar-refractivity contribution in [2.45, 2.75) is 26.4 Å². The molecule has 0 saturated heterocycles. The molecule has 0 radical (unpaired) electrons. The minimum Gasteiger partial charge on any atom is -0.348 e. The molecule has 2 nitrogen and oxygen atoms in total. The molecule has 6 heteroatoms. The van der Waals surface area contributed by atoms with Crippen LogP contribution in [0.25, 0.3) is 0 Å². The van der Waals surface area contributed by atoms with E-state index in [2.05, 4.69) is 15.9 Å². The van der Waals surface area contributed by atoms with Crippen molar-refractivity contribution in [2.75, 3.05) is 6.54 Å². The van der Waals surface area contributed by atoms with Gasteiger partial charge in [0.15, 0.2) is 0 Å². The van der Waals surface area contributed by atoms with Gasteiger partial charge in [-0.25, -0.2) is 0 Å². The summed E-state index contributed by atoms with van der Waals surface area (Å²) in [7, 11) is 0. The van der Waals surface area contributed by atoms with E-state index in [1.807, 2.05) is 19.2 Å². The second-order valence-corrected chi connectivity index (χ2v) is 4.05. The monoisotopic (exact) mass is 325 g/mol. The highest BCUT2D eigenvalue weighted by molar-refractivity contribution is 9.10. The third-order valence-corrected chi connectivity index (χ3v) is 2.40. The Morgan fingerprint density at radius 2 is 1.72 bits per heavy atom. The van der Waals surface area contributed by atoms with Crippen molar-refractivity contribution in [3.63, 3.8) is 0 Å². The summed E-state index contributed by atoms with van der Waals surface area (Å²) in [5.41, 5.74) is 0.866. The molecule has 0 aliphatic carbocycles. The normalized spacial score (nSPS) is 10.3. The first kappa shape index (κ1) is 17.0. The van der Waals surface area contributed by atoms with E-state index in [0.29, 0.717) is 6.42 Å².